The lowest BCUT2D eigenvalue weighted by Crippen LogP contribution is -2.30. The van der Waals surface area contributed by atoms with Crippen molar-refractivity contribution < 1.29 is 19.4 Å². The largest absolute Gasteiger partial charge is 0.493 e. The van der Waals surface area contributed by atoms with Gasteiger partial charge >= 0.3 is 5.97 Å². The molecule has 0 amide bonds. The van der Waals surface area contributed by atoms with Crippen molar-refractivity contribution in [3.63, 3.8) is 0 Å². The van der Waals surface area contributed by atoms with E-state index in [1.54, 1.807) is 37.5 Å². The molecule has 0 radical (unpaired) electrons. The number of aromatic nitrogens is 3. The van der Waals surface area contributed by atoms with E-state index >= 15 is 0 Å². The third-order valence-corrected chi connectivity index (χ3v) is 5.05. The van der Waals surface area contributed by atoms with Crippen LogP contribution in [0, 0.1) is 0 Å². The van der Waals surface area contributed by atoms with Gasteiger partial charge < -0.3 is 19.6 Å². The zero-order valence-electron chi connectivity index (χ0n) is 15.6. The van der Waals surface area contributed by atoms with Crippen molar-refractivity contribution in [2.45, 2.75) is 19.4 Å². The molecular weight excluding hydrogens is 362 g/mol. The van der Waals surface area contributed by atoms with Crippen molar-refractivity contribution in [3.8, 4) is 11.5 Å². The molecule has 3 heterocycles. The Hall–Kier alpha value is -3.55. The lowest BCUT2D eigenvalue weighted by molar-refractivity contribution is -0.140. The summed E-state index contributed by atoms with van der Waals surface area (Å²) < 4.78 is 12.1. The first kappa shape index (κ1) is 17.8. The SMILES string of the molecule is CCC(C(=O)O)n1c(=O)c2cc(OC)c(OC)cc2c2cnc3[nH]ccc3c21. The Labute approximate surface area is 159 Å². The number of aromatic amines is 1. The Bertz CT molecular complexity index is 1290. The minimum absolute atomic E-state index is 0.261. The topological polar surface area (TPSA) is 106 Å². The van der Waals surface area contributed by atoms with Gasteiger partial charge in [-0.2, -0.15) is 0 Å². The van der Waals surface area contributed by atoms with Crippen LogP contribution in [0.4, 0.5) is 0 Å². The number of H-pyrrole nitrogens is 1. The summed E-state index contributed by atoms with van der Waals surface area (Å²) in [6, 6.07) is 4.10. The maximum absolute atomic E-state index is 13.5. The fourth-order valence-corrected chi connectivity index (χ4v) is 3.73. The van der Waals surface area contributed by atoms with E-state index in [0.29, 0.717) is 44.2 Å². The van der Waals surface area contributed by atoms with Crippen molar-refractivity contribution in [2.75, 3.05) is 14.2 Å². The second-order valence-corrected chi connectivity index (χ2v) is 6.45. The molecule has 0 fully saturated rings. The zero-order chi connectivity index (χ0) is 20.0. The second kappa shape index (κ2) is 6.56. The van der Waals surface area contributed by atoms with Crippen LogP contribution in [0.1, 0.15) is 19.4 Å². The van der Waals surface area contributed by atoms with Crippen LogP contribution in [0.15, 0.2) is 35.4 Å². The molecule has 1 atom stereocenters. The molecule has 2 N–H and O–H groups in total. The summed E-state index contributed by atoms with van der Waals surface area (Å²) in [4.78, 5) is 32.8. The Morgan fingerprint density at radius 1 is 1.18 bits per heavy atom. The summed E-state index contributed by atoms with van der Waals surface area (Å²) in [6.45, 7) is 1.74. The van der Waals surface area contributed by atoms with Gasteiger partial charge in [-0.1, -0.05) is 6.92 Å². The molecule has 0 saturated heterocycles. The summed E-state index contributed by atoms with van der Waals surface area (Å²) in [6.07, 6.45) is 3.62. The van der Waals surface area contributed by atoms with Crippen LogP contribution in [-0.2, 0) is 4.79 Å². The Kier molecular flexibility index (Phi) is 4.18. The fourth-order valence-electron chi connectivity index (χ4n) is 3.73. The molecule has 3 aromatic heterocycles. The smallest absolute Gasteiger partial charge is 0.326 e. The van der Waals surface area contributed by atoms with Gasteiger partial charge in [0.15, 0.2) is 11.5 Å². The molecule has 1 aromatic carbocycles. The van der Waals surface area contributed by atoms with E-state index in [2.05, 4.69) is 9.97 Å². The van der Waals surface area contributed by atoms with E-state index in [1.807, 2.05) is 0 Å². The van der Waals surface area contributed by atoms with Gasteiger partial charge in [-0.05, 0) is 24.6 Å². The van der Waals surface area contributed by atoms with Gasteiger partial charge in [0.25, 0.3) is 5.56 Å². The average Bonchev–Trinajstić information content (AvgIpc) is 3.18. The number of carbonyl (C=O) groups is 1. The second-order valence-electron chi connectivity index (χ2n) is 6.45. The first-order valence-electron chi connectivity index (χ1n) is 8.80. The maximum Gasteiger partial charge on any atom is 0.326 e. The van der Waals surface area contributed by atoms with E-state index in [-0.39, 0.29) is 6.42 Å². The van der Waals surface area contributed by atoms with E-state index < -0.39 is 17.6 Å². The number of carboxylic acid groups (broad SMARTS) is 1. The standard InChI is InChI=1S/C20H19N3O5/c1-4-14(20(25)26)23-17-10-5-6-21-18(10)22-9-13(17)11-7-15(27-2)16(28-3)8-12(11)19(23)24/h5-9,14H,4H2,1-3H3,(H,21,22)(H,25,26). The highest BCUT2D eigenvalue weighted by Gasteiger charge is 2.25. The van der Waals surface area contributed by atoms with E-state index in [0.717, 1.165) is 0 Å². The predicted octanol–water partition coefficient (Wildman–Crippen LogP) is 3.08. The van der Waals surface area contributed by atoms with E-state index in [1.165, 1.54) is 18.8 Å². The first-order chi connectivity index (χ1) is 13.5. The summed E-state index contributed by atoms with van der Waals surface area (Å²) in [5.74, 6) is -0.184. The van der Waals surface area contributed by atoms with Crippen LogP contribution < -0.4 is 15.0 Å². The van der Waals surface area contributed by atoms with Crippen molar-refractivity contribution in [1.29, 1.82) is 0 Å². The molecule has 0 spiro atoms. The fraction of sp³-hybridized carbons (Fsp3) is 0.250. The van der Waals surface area contributed by atoms with Crippen LogP contribution in [0.2, 0.25) is 0 Å². The molecule has 0 aliphatic carbocycles. The summed E-state index contributed by atoms with van der Waals surface area (Å²) in [5, 5.41) is 12.1. The van der Waals surface area contributed by atoms with Crippen LogP contribution in [0.25, 0.3) is 32.7 Å². The lowest BCUT2D eigenvalue weighted by Gasteiger charge is -2.20. The monoisotopic (exact) mass is 381 g/mol. The summed E-state index contributed by atoms with van der Waals surface area (Å²) in [7, 11) is 3.01. The predicted molar refractivity (Wildman–Crippen MR) is 105 cm³/mol. The molecule has 144 valence electrons. The highest BCUT2D eigenvalue weighted by atomic mass is 16.5. The van der Waals surface area contributed by atoms with Gasteiger partial charge in [-0.15, -0.1) is 0 Å². The number of pyridine rings is 2. The molecule has 8 heteroatoms. The molecule has 28 heavy (non-hydrogen) atoms. The Morgan fingerprint density at radius 2 is 1.86 bits per heavy atom. The molecule has 0 aliphatic heterocycles. The molecule has 4 aromatic rings. The number of hydrogen-bond donors (Lipinski definition) is 2. The minimum atomic E-state index is -1.06. The van der Waals surface area contributed by atoms with E-state index in [4.69, 9.17) is 9.47 Å². The molecule has 8 nitrogen and oxygen atoms in total. The molecule has 4 rings (SSSR count). The van der Waals surface area contributed by atoms with Crippen molar-refractivity contribution >= 4 is 38.7 Å². The number of methoxy groups -OCH3 is 2. The highest BCUT2D eigenvalue weighted by Crippen LogP contribution is 2.36. The van der Waals surface area contributed by atoms with E-state index in [9.17, 15) is 14.7 Å². The number of nitrogens with zero attached hydrogens (tertiary/aromatic N) is 2. The van der Waals surface area contributed by atoms with Gasteiger partial charge in [-0.25, -0.2) is 9.78 Å². The summed E-state index contributed by atoms with van der Waals surface area (Å²) in [5.41, 5.74) is 0.720. The molecule has 0 aliphatic rings. The number of carboxylic acids is 1. The van der Waals surface area contributed by atoms with Gasteiger partial charge in [0, 0.05) is 28.6 Å². The van der Waals surface area contributed by atoms with Gasteiger partial charge in [0.1, 0.15) is 11.7 Å². The molecule has 0 bridgehead atoms. The van der Waals surface area contributed by atoms with Crippen molar-refractivity contribution in [2.24, 2.45) is 0 Å². The number of benzene rings is 1. The zero-order valence-corrected chi connectivity index (χ0v) is 15.6. The first-order valence-corrected chi connectivity index (χ1v) is 8.80. The molecule has 1 unspecified atom stereocenters. The quantitative estimate of drug-likeness (QED) is 0.515. The Morgan fingerprint density at radius 3 is 2.46 bits per heavy atom. The average molecular weight is 381 g/mol. The van der Waals surface area contributed by atoms with Crippen LogP contribution in [-0.4, -0.2) is 39.8 Å². The van der Waals surface area contributed by atoms with Gasteiger partial charge in [-0.3, -0.25) is 9.36 Å². The number of aliphatic carboxylic acids is 1. The van der Waals surface area contributed by atoms with Gasteiger partial charge in [0.05, 0.1) is 25.1 Å². The third-order valence-electron chi connectivity index (χ3n) is 5.05. The maximum atomic E-state index is 13.5. The van der Waals surface area contributed by atoms with Crippen LogP contribution in [0.3, 0.4) is 0 Å². The lowest BCUT2D eigenvalue weighted by atomic mass is 10.0. The van der Waals surface area contributed by atoms with Crippen molar-refractivity contribution in [3.05, 3.63) is 40.9 Å². The number of nitrogens with one attached hydrogen (secondary N) is 1. The number of ether oxygens (including phenoxy) is 2. The minimum Gasteiger partial charge on any atom is -0.493 e. The highest BCUT2D eigenvalue weighted by molar-refractivity contribution is 6.14. The normalized spacial score (nSPS) is 12.5. The third kappa shape index (κ3) is 2.41. The number of rotatable bonds is 5. The number of fused-ring (bicyclic) bond motifs is 5. The summed E-state index contributed by atoms with van der Waals surface area (Å²) >= 11 is 0. The number of hydrogen-bond acceptors (Lipinski definition) is 5. The van der Waals surface area contributed by atoms with Crippen molar-refractivity contribution in [1.82, 2.24) is 14.5 Å². The molecule has 0 saturated carbocycles. The van der Waals surface area contributed by atoms with Crippen LogP contribution >= 0.6 is 0 Å². The molecular formula is C20H19N3O5. The Balaban J connectivity index is 2.30. The van der Waals surface area contributed by atoms with Crippen LogP contribution in [0.5, 0.6) is 11.5 Å². The van der Waals surface area contributed by atoms with Gasteiger partial charge in [0.2, 0.25) is 0 Å².